The zero-order valence-electron chi connectivity index (χ0n) is 24.4. The summed E-state index contributed by atoms with van der Waals surface area (Å²) in [6.07, 6.45) is 0. The highest BCUT2D eigenvalue weighted by Gasteiger charge is 2.19. The predicted molar refractivity (Wildman–Crippen MR) is 191 cm³/mol. The van der Waals surface area contributed by atoms with Gasteiger partial charge in [-0.05, 0) is 45.8 Å². The molecule has 0 atom stereocenters. The van der Waals surface area contributed by atoms with Gasteiger partial charge in [0.05, 0.1) is 0 Å². The van der Waals surface area contributed by atoms with Crippen LogP contribution in [0.4, 0.5) is 0 Å². The fourth-order valence-electron chi connectivity index (χ4n) is 6.81. The van der Waals surface area contributed by atoms with Crippen LogP contribution < -0.4 is 0 Å². The highest BCUT2D eigenvalue weighted by atomic mass is 32.1. The summed E-state index contributed by atoms with van der Waals surface area (Å²) in [5.41, 5.74) is 4.50. The molecule has 4 nitrogen and oxygen atoms in total. The number of benzene rings is 7. The van der Waals surface area contributed by atoms with Crippen LogP contribution in [-0.4, -0.2) is 15.0 Å². The SMILES string of the molecule is c1ccc2c(c1)ccc1c(-c3nc(-c4ccc5c(c4)sc4ccccc45)nc(-c4cccc5oc6ccccc6c45)n3)cccc12. The van der Waals surface area contributed by atoms with Crippen molar-refractivity contribution in [3.05, 3.63) is 140 Å². The van der Waals surface area contributed by atoms with Crippen LogP contribution in [0.25, 0.3) is 97.8 Å². The number of nitrogens with zero attached hydrogens (tertiary/aromatic N) is 3. The minimum atomic E-state index is 0.617. The Bertz CT molecular complexity index is 2830. The molecule has 10 aromatic rings. The van der Waals surface area contributed by atoms with Gasteiger partial charge >= 0.3 is 0 Å². The molecule has 0 aliphatic carbocycles. The second-order valence-corrected chi connectivity index (χ2v) is 12.7. The van der Waals surface area contributed by atoms with Gasteiger partial charge in [-0.25, -0.2) is 15.0 Å². The summed E-state index contributed by atoms with van der Waals surface area (Å²) in [5, 5.41) is 9.26. The largest absolute Gasteiger partial charge is 0.456 e. The van der Waals surface area contributed by atoms with Crippen LogP contribution in [0.1, 0.15) is 0 Å². The Morgan fingerprint density at radius 3 is 2.00 bits per heavy atom. The maximum atomic E-state index is 6.25. The summed E-state index contributed by atoms with van der Waals surface area (Å²) in [6.45, 7) is 0. The maximum absolute atomic E-state index is 6.25. The van der Waals surface area contributed by atoms with Gasteiger partial charge in [-0.1, -0.05) is 115 Å². The van der Waals surface area contributed by atoms with Crippen molar-refractivity contribution in [1.29, 1.82) is 0 Å². The third-order valence-electron chi connectivity index (χ3n) is 8.94. The first kappa shape index (κ1) is 25.4. The highest BCUT2D eigenvalue weighted by Crippen LogP contribution is 2.39. The molecule has 10 rings (SSSR count). The van der Waals surface area contributed by atoms with Crippen molar-refractivity contribution in [1.82, 2.24) is 15.0 Å². The first-order chi connectivity index (χ1) is 22.8. The number of fused-ring (bicyclic) bond motifs is 9. The van der Waals surface area contributed by atoms with E-state index < -0.39 is 0 Å². The summed E-state index contributed by atoms with van der Waals surface area (Å²) >= 11 is 1.80. The first-order valence-corrected chi connectivity index (χ1v) is 16.1. The molecule has 214 valence electrons. The van der Waals surface area contributed by atoms with E-state index in [0.717, 1.165) is 44.0 Å². The minimum absolute atomic E-state index is 0.617. The van der Waals surface area contributed by atoms with Gasteiger partial charge in [-0.3, -0.25) is 0 Å². The Morgan fingerprint density at radius 1 is 0.413 bits per heavy atom. The fourth-order valence-corrected chi connectivity index (χ4v) is 7.95. The average Bonchev–Trinajstić information content (AvgIpc) is 3.69. The molecule has 0 N–H and O–H groups in total. The lowest BCUT2D eigenvalue weighted by molar-refractivity contribution is 0.669. The zero-order valence-corrected chi connectivity index (χ0v) is 25.3. The molecule has 0 amide bonds. The topological polar surface area (TPSA) is 51.8 Å². The van der Waals surface area contributed by atoms with Gasteiger partial charge in [-0.2, -0.15) is 0 Å². The van der Waals surface area contributed by atoms with Gasteiger partial charge in [0.2, 0.25) is 0 Å². The quantitative estimate of drug-likeness (QED) is 0.188. The molecule has 0 saturated carbocycles. The number of furan rings is 1. The van der Waals surface area contributed by atoms with Crippen molar-refractivity contribution in [2.24, 2.45) is 0 Å². The Morgan fingerprint density at radius 2 is 1.07 bits per heavy atom. The molecule has 0 aliphatic heterocycles. The van der Waals surface area contributed by atoms with Gasteiger partial charge in [0.25, 0.3) is 0 Å². The van der Waals surface area contributed by atoms with E-state index in [-0.39, 0.29) is 0 Å². The van der Waals surface area contributed by atoms with E-state index in [9.17, 15) is 0 Å². The standard InChI is InChI=1S/C41H23N3OS/c1-2-10-26-24(9-1)19-21-28-27(26)13-7-14-31(28)40-42-39(25-20-22-30-29-11-4-6-18-36(29)46-37(30)23-25)43-41(44-40)33-15-8-17-35-38(33)32-12-3-5-16-34(32)45-35/h1-23H. The monoisotopic (exact) mass is 605 g/mol. The molecule has 0 saturated heterocycles. The molecule has 0 aliphatic rings. The lowest BCUT2D eigenvalue weighted by Crippen LogP contribution is -2.01. The molecule has 3 aromatic heterocycles. The van der Waals surface area contributed by atoms with E-state index >= 15 is 0 Å². The third-order valence-corrected chi connectivity index (χ3v) is 10.1. The van der Waals surface area contributed by atoms with E-state index in [1.54, 1.807) is 11.3 Å². The van der Waals surface area contributed by atoms with Crippen LogP contribution in [0.3, 0.4) is 0 Å². The fraction of sp³-hybridized carbons (Fsp3) is 0. The molecule has 0 unspecified atom stereocenters. The van der Waals surface area contributed by atoms with Gasteiger partial charge in [0.1, 0.15) is 11.2 Å². The number of hydrogen-bond donors (Lipinski definition) is 0. The number of hydrogen-bond acceptors (Lipinski definition) is 5. The van der Waals surface area contributed by atoms with Crippen LogP contribution in [-0.2, 0) is 0 Å². The van der Waals surface area contributed by atoms with Crippen molar-refractivity contribution in [3.8, 4) is 34.2 Å². The number of aromatic nitrogens is 3. The normalized spacial score (nSPS) is 11.9. The Labute approximate surface area is 267 Å². The molecule has 7 aromatic carbocycles. The molecule has 46 heavy (non-hydrogen) atoms. The van der Waals surface area contributed by atoms with Crippen molar-refractivity contribution in [2.75, 3.05) is 0 Å². The molecule has 0 bridgehead atoms. The summed E-state index contributed by atoms with van der Waals surface area (Å²) in [7, 11) is 0. The number of para-hydroxylation sites is 1. The van der Waals surface area contributed by atoms with E-state index in [2.05, 4.69) is 109 Å². The summed E-state index contributed by atoms with van der Waals surface area (Å²) in [4.78, 5) is 15.5. The van der Waals surface area contributed by atoms with Gasteiger partial charge in [-0.15, -0.1) is 11.3 Å². The number of rotatable bonds is 3. The molecule has 0 fully saturated rings. The van der Waals surface area contributed by atoms with E-state index in [1.807, 2.05) is 30.3 Å². The third kappa shape index (κ3) is 3.82. The molecule has 0 spiro atoms. The van der Waals surface area contributed by atoms with Crippen molar-refractivity contribution < 1.29 is 4.42 Å². The van der Waals surface area contributed by atoms with Gasteiger partial charge in [0, 0.05) is 47.6 Å². The smallest absolute Gasteiger partial charge is 0.164 e. The molecule has 0 radical (unpaired) electrons. The summed E-state index contributed by atoms with van der Waals surface area (Å²) in [5.74, 6) is 1.90. The predicted octanol–water partition coefficient (Wildman–Crippen LogP) is 11.4. The second kappa shape index (κ2) is 9.80. The Balaban J connectivity index is 1.26. The average molecular weight is 606 g/mol. The van der Waals surface area contributed by atoms with E-state index in [1.165, 1.54) is 36.3 Å². The summed E-state index contributed by atoms with van der Waals surface area (Å²) in [6, 6.07) is 48.6. The van der Waals surface area contributed by atoms with Gasteiger partial charge < -0.3 is 4.42 Å². The zero-order chi connectivity index (χ0) is 30.2. The van der Waals surface area contributed by atoms with Crippen LogP contribution in [0.15, 0.2) is 144 Å². The van der Waals surface area contributed by atoms with E-state index in [4.69, 9.17) is 19.4 Å². The molecule has 5 heteroatoms. The van der Waals surface area contributed by atoms with Crippen LogP contribution in [0.5, 0.6) is 0 Å². The lowest BCUT2D eigenvalue weighted by atomic mass is 9.98. The maximum Gasteiger partial charge on any atom is 0.164 e. The Kier molecular flexibility index (Phi) is 5.41. The van der Waals surface area contributed by atoms with Crippen LogP contribution in [0, 0.1) is 0 Å². The number of thiophene rings is 1. The van der Waals surface area contributed by atoms with E-state index in [0.29, 0.717) is 17.5 Å². The molecular formula is C41H23N3OS. The first-order valence-electron chi connectivity index (χ1n) is 15.3. The van der Waals surface area contributed by atoms with Crippen LogP contribution in [0.2, 0.25) is 0 Å². The molecular weight excluding hydrogens is 583 g/mol. The minimum Gasteiger partial charge on any atom is -0.456 e. The molecule has 3 heterocycles. The second-order valence-electron chi connectivity index (χ2n) is 11.6. The lowest BCUT2D eigenvalue weighted by Gasteiger charge is -2.12. The summed E-state index contributed by atoms with van der Waals surface area (Å²) < 4.78 is 8.73. The Hall–Kier alpha value is -5.91. The van der Waals surface area contributed by atoms with Gasteiger partial charge in [0.15, 0.2) is 17.5 Å². The van der Waals surface area contributed by atoms with Crippen molar-refractivity contribution in [2.45, 2.75) is 0 Å². The highest BCUT2D eigenvalue weighted by molar-refractivity contribution is 7.25. The van der Waals surface area contributed by atoms with Crippen LogP contribution >= 0.6 is 11.3 Å². The van der Waals surface area contributed by atoms with Crippen molar-refractivity contribution in [3.63, 3.8) is 0 Å². The van der Waals surface area contributed by atoms with Crippen molar-refractivity contribution >= 4 is 75.0 Å².